The molecule has 9 heteroatoms. The van der Waals surface area contributed by atoms with Gasteiger partial charge in [0.1, 0.15) is 5.82 Å². The van der Waals surface area contributed by atoms with E-state index in [1.165, 1.54) is 39.8 Å². The van der Waals surface area contributed by atoms with Crippen molar-refractivity contribution in [3.05, 3.63) is 63.0 Å². The number of hydrogen-bond donors (Lipinski definition) is 1. The van der Waals surface area contributed by atoms with Gasteiger partial charge in [-0.3, -0.25) is 14.5 Å². The maximum Gasteiger partial charge on any atom is 0.280 e. The van der Waals surface area contributed by atoms with E-state index in [0.29, 0.717) is 4.88 Å². The minimum Gasteiger partial charge on any atom is -0.349 e. The fourth-order valence-electron chi connectivity index (χ4n) is 2.85. The summed E-state index contributed by atoms with van der Waals surface area (Å²) < 4.78 is 18.5. The molecule has 29 heavy (non-hydrogen) atoms. The number of nitrogens with zero attached hydrogens (tertiary/aromatic N) is 3. The number of amides is 2. The van der Waals surface area contributed by atoms with Crippen LogP contribution in [-0.2, 0) is 4.79 Å². The van der Waals surface area contributed by atoms with E-state index in [-0.39, 0.29) is 11.4 Å². The number of anilines is 1. The lowest BCUT2D eigenvalue weighted by atomic mass is 10.0. The lowest BCUT2D eigenvalue weighted by Gasteiger charge is -2.33. The Labute approximate surface area is 176 Å². The molecule has 2 aromatic heterocycles. The van der Waals surface area contributed by atoms with Gasteiger partial charge in [0.15, 0.2) is 11.7 Å². The predicted molar refractivity (Wildman–Crippen MR) is 113 cm³/mol. The SMILES string of the molecule is Cc1ccsc1[C@@H](C(=O)NC(C)(C)C)N(C(=O)c1csnn1)c1ccccc1F. The Kier molecular flexibility index (Phi) is 6.09. The highest BCUT2D eigenvalue weighted by Crippen LogP contribution is 2.35. The first-order valence-electron chi connectivity index (χ1n) is 8.90. The van der Waals surface area contributed by atoms with Crippen molar-refractivity contribution in [1.82, 2.24) is 14.9 Å². The van der Waals surface area contributed by atoms with Crippen molar-refractivity contribution in [2.75, 3.05) is 4.90 Å². The molecule has 1 atom stereocenters. The van der Waals surface area contributed by atoms with Crippen LogP contribution >= 0.6 is 22.9 Å². The molecule has 2 heterocycles. The van der Waals surface area contributed by atoms with Gasteiger partial charge in [0, 0.05) is 15.8 Å². The molecule has 0 unspecified atom stereocenters. The lowest BCUT2D eigenvalue weighted by molar-refractivity contribution is -0.123. The summed E-state index contributed by atoms with van der Waals surface area (Å²) in [6.07, 6.45) is 0. The summed E-state index contributed by atoms with van der Waals surface area (Å²) in [6, 6.07) is 6.71. The number of carbonyl (C=O) groups excluding carboxylic acids is 2. The van der Waals surface area contributed by atoms with Gasteiger partial charge in [-0.15, -0.1) is 16.4 Å². The van der Waals surface area contributed by atoms with Crippen LogP contribution in [0.2, 0.25) is 0 Å². The maximum absolute atomic E-state index is 14.8. The van der Waals surface area contributed by atoms with Crippen LogP contribution in [0.5, 0.6) is 0 Å². The van der Waals surface area contributed by atoms with Gasteiger partial charge in [0.25, 0.3) is 5.91 Å². The molecule has 3 aromatic rings. The van der Waals surface area contributed by atoms with Crippen LogP contribution in [-0.4, -0.2) is 26.9 Å². The van der Waals surface area contributed by atoms with E-state index in [1.807, 2.05) is 39.1 Å². The second kappa shape index (κ2) is 8.38. The van der Waals surface area contributed by atoms with Crippen LogP contribution < -0.4 is 10.2 Å². The van der Waals surface area contributed by atoms with Crippen LogP contribution in [0, 0.1) is 12.7 Å². The normalized spacial score (nSPS) is 12.4. The number of benzene rings is 1. The van der Waals surface area contributed by atoms with E-state index < -0.39 is 29.2 Å². The van der Waals surface area contributed by atoms with E-state index in [4.69, 9.17) is 0 Å². The summed E-state index contributed by atoms with van der Waals surface area (Å²) in [5, 5.41) is 10.1. The van der Waals surface area contributed by atoms with Gasteiger partial charge in [0.05, 0.1) is 5.69 Å². The molecule has 6 nitrogen and oxygen atoms in total. The van der Waals surface area contributed by atoms with Crippen molar-refractivity contribution in [2.24, 2.45) is 0 Å². The lowest BCUT2D eigenvalue weighted by Crippen LogP contribution is -2.49. The number of aromatic nitrogens is 2. The first-order valence-corrected chi connectivity index (χ1v) is 10.6. The maximum atomic E-state index is 14.8. The number of para-hydroxylation sites is 1. The summed E-state index contributed by atoms with van der Waals surface area (Å²) in [7, 11) is 0. The van der Waals surface area contributed by atoms with Crippen LogP contribution in [0.4, 0.5) is 10.1 Å². The number of thiophene rings is 1. The largest absolute Gasteiger partial charge is 0.349 e. The Balaban J connectivity index is 2.20. The molecule has 3 rings (SSSR count). The topological polar surface area (TPSA) is 75.2 Å². The van der Waals surface area contributed by atoms with Crippen molar-refractivity contribution in [2.45, 2.75) is 39.3 Å². The quantitative estimate of drug-likeness (QED) is 0.650. The molecule has 0 saturated heterocycles. The van der Waals surface area contributed by atoms with Crippen molar-refractivity contribution in [1.29, 1.82) is 0 Å². The number of aryl methyl sites for hydroxylation is 1. The monoisotopic (exact) mass is 432 g/mol. The number of carbonyl (C=O) groups is 2. The average Bonchev–Trinajstić information content (AvgIpc) is 3.30. The van der Waals surface area contributed by atoms with Crippen molar-refractivity contribution in [3.63, 3.8) is 0 Å². The highest BCUT2D eigenvalue weighted by molar-refractivity contribution is 7.10. The van der Waals surface area contributed by atoms with Gasteiger partial charge in [-0.05, 0) is 68.4 Å². The van der Waals surface area contributed by atoms with E-state index in [1.54, 1.807) is 6.07 Å². The Hall–Kier alpha value is -2.65. The van der Waals surface area contributed by atoms with Gasteiger partial charge < -0.3 is 5.32 Å². The van der Waals surface area contributed by atoms with E-state index >= 15 is 0 Å². The second-order valence-electron chi connectivity index (χ2n) is 7.53. The molecule has 0 aliphatic heterocycles. The standard InChI is InChI=1S/C20H21FN4O2S2/c1-12-9-10-28-17(12)16(18(26)22-20(2,3)4)25(15-8-6-5-7-13(15)21)19(27)14-11-29-24-23-14/h5-11,16H,1-4H3,(H,22,26)/t16-/m0/s1. The molecular weight excluding hydrogens is 411 g/mol. The summed E-state index contributed by atoms with van der Waals surface area (Å²) in [6.45, 7) is 7.41. The molecule has 0 aliphatic carbocycles. The minimum absolute atomic E-state index is 0.00681. The van der Waals surface area contributed by atoms with Gasteiger partial charge in [-0.2, -0.15) is 0 Å². The summed E-state index contributed by atoms with van der Waals surface area (Å²) >= 11 is 2.36. The number of rotatable bonds is 5. The third kappa shape index (κ3) is 4.68. The summed E-state index contributed by atoms with van der Waals surface area (Å²) in [5.41, 5.74) is 0.370. The smallest absolute Gasteiger partial charge is 0.280 e. The van der Waals surface area contributed by atoms with Crippen LogP contribution in [0.25, 0.3) is 0 Å². The van der Waals surface area contributed by atoms with Gasteiger partial charge in [-0.25, -0.2) is 4.39 Å². The highest BCUT2D eigenvalue weighted by atomic mass is 32.1. The first kappa shape index (κ1) is 21.1. The Bertz CT molecular complexity index is 1010. The third-order valence-corrected chi connectivity index (χ3v) is 5.64. The zero-order chi connectivity index (χ0) is 21.2. The number of halogens is 1. The van der Waals surface area contributed by atoms with Crippen molar-refractivity contribution < 1.29 is 14.0 Å². The fraction of sp³-hybridized carbons (Fsp3) is 0.300. The Morgan fingerprint density at radius 3 is 2.48 bits per heavy atom. The van der Waals surface area contributed by atoms with Crippen molar-refractivity contribution >= 4 is 40.4 Å². The van der Waals surface area contributed by atoms with Crippen LogP contribution in [0.15, 0.2) is 41.1 Å². The minimum atomic E-state index is -1.06. The molecule has 0 fully saturated rings. The van der Waals surface area contributed by atoms with Gasteiger partial charge >= 0.3 is 0 Å². The molecule has 1 aromatic carbocycles. The number of hydrogen-bond acceptors (Lipinski definition) is 6. The number of nitrogens with one attached hydrogen (secondary N) is 1. The molecule has 0 spiro atoms. The van der Waals surface area contributed by atoms with E-state index in [9.17, 15) is 14.0 Å². The summed E-state index contributed by atoms with van der Waals surface area (Å²) in [5.74, 6) is -1.60. The molecule has 1 N–H and O–H groups in total. The Morgan fingerprint density at radius 1 is 1.21 bits per heavy atom. The van der Waals surface area contributed by atoms with Gasteiger partial charge in [-0.1, -0.05) is 16.6 Å². The zero-order valence-electron chi connectivity index (χ0n) is 16.5. The molecule has 152 valence electrons. The van der Waals surface area contributed by atoms with Crippen molar-refractivity contribution in [3.8, 4) is 0 Å². The van der Waals surface area contributed by atoms with Crippen LogP contribution in [0.3, 0.4) is 0 Å². The Morgan fingerprint density at radius 2 is 1.93 bits per heavy atom. The molecular formula is C20H21FN4O2S2. The second-order valence-corrected chi connectivity index (χ2v) is 9.08. The third-order valence-electron chi connectivity index (χ3n) is 4.06. The predicted octanol–water partition coefficient (Wildman–Crippen LogP) is 4.35. The zero-order valence-corrected chi connectivity index (χ0v) is 18.1. The molecule has 2 amide bonds. The molecule has 0 aliphatic rings. The molecule has 0 saturated carbocycles. The van der Waals surface area contributed by atoms with E-state index in [2.05, 4.69) is 14.9 Å². The first-order chi connectivity index (χ1) is 13.7. The van der Waals surface area contributed by atoms with E-state index in [0.717, 1.165) is 17.1 Å². The van der Waals surface area contributed by atoms with Crippen LogP contribution in [0.1, 0.15) is 47.7 Å². The fourth-order valence-corrected chi connectivity index (χ4v) is 4.29. The molecule has 0 bridgehead atoms. The average molecular weight is 433 g/mol. The highest BCUT2D eigenvalue weighted by Gasteiger charge is 2.38. The van der Waals surface area contributed by atoms with Gasteiger partial charge in [0.2, 0.25) is 5.91 Å². The summed E-state index contributed by atoms with van der Waals surface area (Å²) in [4.78, 5) is 28.6. The molecule has 0 radical (unpaired) electrons.